The summed E-state index contributed by atoms with van der Waals surface area (Å²) in [7, 11) is 0. The third kappa shape index (κ3) is 2.46. The molecule has 3 aromatic rings. The molecule has 0 aliphatic rings. The van der Waals surface area contributed by atoms with Crippen LogP contribution in [0.5, 0.6) is 0 Å². The molecule has 0 heterocycles. The van der Waals surface area contributed by atoms with E-state index in [1.807, 2.05) is 42.5 Å². The number of fused-ring (bicyclic) bond motifs is 1. The summed E-state index contributed by atoms with van der Waals surface area (Å²) in [5.74, 6) is -0.218. The maximum absolute atomic E-state index is 13.8. The Morgan fingerprint density at radius 1 is 0.850 bits per heavy atom. The van der Waals surface area contributed by atoms with E-state index in [0.717, 1.165) is 21.0 Å². The van der Waals surface area contributed by atoms with E-state index in [2.05, 4.69) is 15.9 Å². The number of hydrogen-bond donors (Lipinski definition) is 0. The number of rotatable bonds is 2. The van der Waals surface area contributed by atoms with E-state index in [9.17, 15) is 4.39 Å². The zero-order valence-electron chi connectivity index (χ0n) is 10.5. The van der Waals surface area contributed by atoms with E-state index in [0.29, 0.717) is 5.39 Å². The Morgan fingerprint density at radius 2 is 1.50 bits per heavy atom. The zero-order chi connectivity index (χ0) is 14.1. The van der Waals surface area contributed by atoms with Crippen LogP contribution in [0.2, 0.25) is 0 Å². The summed E-state index contributed by atoms with van der Waals surface area (Å²) in [6.45, 7) is 0. The second-order valence-electron chi connectivity index (χ2n) is 4.60. The van der Waals surface area contributed by atoms with E-state index in [1.165, 1.54) is 6.07 Å². The van der Waals surface area contributed by atoms with Gasteiger partial charge < -0.3 is 0 Å². The minimum Gasteiger partial charge on any atom is -0.206 e. The molecule has 0 nitrogen and oxygen atoms in total. The van der Waals surface area contributed by atoms with Crippen LogP contribution in [0.4, 0.5) is 4.39 Å². The summed E-state index contributed by atoms with van der Waals surface area (Å²) in [6, 6.07) is 18.5. The van der Waals surface area contributed by atoms with Gasteiger partial charge in [0.25, 0.3) is 0 Å². The van der Waals surface area contributed by atoms with Gasteiger partial charge in [-0.25, -0.2) is 4.39 Å². The molecule has 0 amide bonds. The molecule has 3 heteroatoms. The molecule has 0 aliphatic carbocycles. The van der Waals surface area contributed by atoms with Gasteiger partial charge in [-0.2, -0.15) is 0 Å². The Balaban J connectivity index is 2.14. The first kappa shape index (κ1) is 13.6. The van der Waals surface area contributed by atoms with Gasteiger partial charge in [0, 0.05) is 9.86 Å². The number of alkyl halides is 1. The van der Waals surface area contributed by atoms with Crippen LogP contribution >= 0.6 is 27.5 Å². The maximum atomic E-state index is 13.8. The smallest absolute Gasteiger partial charge is 0.131 e. The van der Waals surface area contributed by atoms with Crippen LogP contribution in [0.3, 0.4) is 0 Å². The molecule has 3 aromatic carbocycles. The second-order valence-corrected chi connectivity index (χ2v) is 5.95. The predicted molar refractivity (Wildman–Crippen MR) is 85.7 cm³/mol. The topological polar surface area (TPSA) is 0 Å². The Labute approximate surface area is 130 Å². The van der Waals surface area contributed by atoms with Crippen molar-refractivity contribution in [3.05, 3.63) is 82.1 Å². The lowest BCUT2D eigenvalue weighted by Gasteiger charge is -2.14. The van der Waals surface area contributed by atoms with Gasteiger partial charge in [-0.15, -0.1) is 11.6 Å². The van der Waals surface area contributed by atoms with Gasteiger partial charge in [0.15, 0.2) is 0 Å². The van der Waals surface area contributed by atoms with Gasteiger partial charge >= 0.3 is 0 Å². The van der Waals surface area contributed by atoms with Gasteiger partial charge in [-0.05, 0) is 34.7 Å². The van der Waals surface area contributed by atoms with Crippen LogP contribution in [0.25, 0.3) is 10.8 Å². The summed E-state index contributed by atoms with van der Waals surface area (Å²) in [4.78, 5) is 0. The van der Waals surface area contributed by atoms with Crippen molar-refractivity contribution in [2.24, 2.45) is 0 Å². The molecule has 1 atom stereocenters. The van der Waals surface area contributed by atoms with Crippen LogP contribution in [0, 0.1) is 5.82 Å². The second kappa shape index (κ2) is 5.55. The Kier molecular flexibility index (Phi) is 3.77. The molecule has 0 bridgehead atoms. The molecule has 0 aromatic heterocycles. The van der Waals surface area contributed by atoms with Crippen LogP contribution in [-0.2, 0) is 0 Å². The standard InChI is InChI=1S/C17H11BrClF/c18-12-7-5-11(6-8-12)17(19)15-9-10-16(20)14-4-2-1-3-13(14)15/h1-10,17H. The van der Waals surface area contributed by atoms with Gasteiger partial charge in [0.2, 0.25) is 0 Å². The molecule has 3 rings (SSSR count). The van der Waals surface area contributed by atoms with Crippen LogP contribution in [-0.4, -0.2) is 0 Å². The van der Waals surface area contributed by atoms with Gasteiger partial charge in [0.05, 0.1) is 5.38 Å². The molecule has 0 saturated carbocycles. The Morgan fingerprint density at radius 3 is 2.20 bits per heavy atom. The first-order valence-electron chi connectivity index (χ1n) is 6.23. The minimum absolute atomic E-state index is 0.218. The Bertz CT molecular complexity index is 753. The molecule has 20 heavy (non-hydrogen) atoms. The van der Waals surface area contributed by atoms with Crippen LogP contribution in [0.15, 0.2) is 65.1 Å². The SMILES string of the molecule is Fc1ccc(C(Cl)c2ccc(Br)cc2)c2ccccc12. The molecule has 0 N–H and O–H groups in total. The lowest BCUT2D eigenvalue weighted by molar-refractivity contribution is 0.639. The molecule has 0 aliphatic heterocycles. The molecule has 0 spiro atoms. The third-order valence-electron chi connectivity index (χ3n) is 3.34. The molecular weight excluding hydrogens is 339 g/mol. The molecule has 0 saturated heterocycles. The lowest BCUT2D eigenvalue weighted by atomic mass is 9.98. The van der Waals surface area contributed by atoms with Crippen molar-refractivity contribution in [2.75, 3.05) is 0 Å². The fraction of sp³-hybridized carbons (Fsp3) is 0.0588. The lowest BCUT2D eigenvalue weighted by Crippen LogP contribution is -1.95. The van der Waals surface area contributed by atoms with Gasteiger partial charge in [-0.3, -0.25) is 0 Å². The first-order valence-corrected chi connectivity index (χ1v) is 7.46. The molecule has 1 unspecified atom stereocenters. The highest BCUT2D eigenvalue weighted by molar-refractivity contribution is 9.10. The summed E-state index contributed by atoms with van der Waals surface area (Å²) in [6.07, 6.45) is 0. The highest BCUT2D eigenvalue weighted by Gasteiger charge is 2.15. The summed E-state index contributed by atoms with van der Waals surface area (Å²) in [5, 5.41) is 1.16. The largest absolute Gasteiger partial charge is 0.206 e. The number of halogens is 3. The van der Waals surface area contributed by atoms with Crippen molar-refractivity contribution in [3.8, 4) is 0 Å². The summed E-state index contributed by atoms with van der Waals surface area (Å²) in [5.41, 5.74) is 1.91. The van der Waals surface area contributed by atoms with Crippen LogP contribution < -0.4 is 0 Å². The highest BCUT2D eigenvalue weighted by Crippen LogP contribution is 2.35. The molecule has 100 valence electrons. The van der Waals surface area contributed by atoms with E-state index < -0.39 is 0 Å². The third-order valence-corrected chi connectivity index (χ3v) is 4.36. The fourth-order valence-corrected chi connectivity index (χ4v) is 2.92. The van der Waals surface area contributed by atoms with Crippen molar-refractivity contribution >= 4 is 38.3 Å². The van der Waals surface area contributed by atoms with Crippen LogP contribution in [0.1, 0.15) is 16.5 Å². The molecule has 0 fully saturated rings. The summed E-state index contributed by atoms with van der Waals surface area (Å²) < 4.78 is 14.8. The van der Waals surface area contributed by atoms with E-state index in [1.54, 1.807) is 12.1 Å². The van der Waals surface area contributed by atoms with Crippen molar-refractivity contribution in [1.82, 2.24) is 0 Å². The number of benzene rings is 3. The highest BCUT2D eigenvalue weighted by atomic mass is 79.9. The normalized spacial score (nSPS) is 12.6. The average molecular weight is 350 g/mol. The summed E-state index contributed by atoms with van der Waals surface area (Å²) >= 11 is 9.98. The van der Waals surface area contributed by atoms with E-state index >= 15 is 0 Å². The number of hydrogen-bond acceptors (Lipinski definition) is 0. The van der Waals surface area contributed by atoms with E-state index in [-0.39, 0.29) is 11.2 Å². The van der Waals surface area contributed by atoms with Crippen molar-refractivity contribution in [1.29, 1.82) is 0 Å². The van der Waals surface area contributed by atoms with Crippen molar-refractivity contribution in [2.45, 2.75) is 5.38 Å². The molecular formula is C17H11BrClF. The quantitative estimate of drug-likeness (QED) is 0.493. The maximum Gasteiger partial charge on any atom is 0.131 e. The average Bonchev–Trinajstić information content (AvgIpc) is 2.48. The van der Waals surface area contributed by atoms with Gasteiger partial charge in [0.1, 0.15) is 5.82 Å². The Hall–Kier alpha value is -1.38. The first-order chi connectivity index (χ1) is 9.66. The van der Waals surface area contributed by atoms with Crippen molar-refractivity contribution < 1.29 is 4.39 Å². The fourth-order valence-electron chi connectivity index (χ4n) is 2.32. The zero-order valence-corrected chi connectivity index (χ0v) is 12.8. The van der Waals surface area contributed by atoms with Gasteiger partial charge in [-0.1, -0.05) is 58.4 Å². The predicted octanol–water partition coefficient (Wildman–Crippen LogP) is 6.07. The minimum atomic E-state index is -0.298. The van der Waals surface area contributed by atoms with E-state index in [4.69, 9.17) is 11.6 Å². The monoisotopic (exact) mass is 348 g/mol. The van der Waals surface area contributed by atoms with Crippen molar-refractivity contribution in [3.63, 3.8) is 0 Å². The molecule has 0 radical (unpaired) electrons.